The summed E-state index contributed by atoms with van der Waals surface area (Å²) in [5.74, 6) is 1.60. The number of rotatable bonds is 4. The lowest BCUT2D eigenvalue weighted by atomic mass is 9.77. The molecule has 1 nitrogen and oxygen atoms in total. The summed E-state index contributed by atoms with van der Waals surface area (Å²) in [4.78, 5) is 0. The summed E-state index contributed by atoms with van der Waals surface area (Å²) in [6.45, 7) is 7.03. The Morgan fingerprint density at radius 1 is 1.32 bits per heavy atom. The van der Waals surface area contributed by atoms with Crippen molar-refractivity contribution in [3.8, 4) is 0 Å². The molecule has 0 heterocycles. The average molecular weight is 280 g/mol. The highest BCUT2D eigenvalue weighted by Crippen LogP contribution is 2.32. The van der Waals surface area contributed by atoms with Gasteiger partial charge in [0.25, 0.3) is 0 Å². The summed E-state index contributed by atoms with van der Waals surface area (Å²) in [5, 5.41) is 4.71. The van der Waals surface area contributed by atoms with E-state index < -0.39 is 0 Å². The first-order valence-electron chi connectivity index (χ1n) is 7.63. The standard InChI is InChI=1S/C17H26ClN/c1-4-16(14-8-6-9-15(18)11-14)19-17-10-5-7-12(2)13(17)3/h6,8-9,11-13,16-17,19H,4-5,7,10H2,1-3H3. The van der Waals surface area contributed by atoms with Gasteiger partial charge in [-0.2, -0.15) is 0 Å². The minimum absolute atomic E-state index is 0.427. The fourth-order valence-corrected chi connectivity index (χ4v) is 3.45. The Hall–Kier alpha value is -0.530. The molecule has 4 atom stereocenters. The predicted octanol–water partition coefficient (Wildman–Crippen LogP) is 5.21. The van der Waals surface area contributed by atoms with Gasteiger partial charge in [0.2, 0.25) is 0 Å². The summed E-state index contributed by atoms with van der Waals surface area (Å²) in [7, 11) is 0. The van der Waals surface area contributed by atoms with Crippen molar-refractivity contribution in [2.45, 2.75) is 58.5 Å². The Labute approximate surface area is 122 Å². The smallest absolute Gasteiger partial charge is 0.0409 e. The minimum atomic E-state index is 0.427. The van der Waals surface area contributed by atoms with Crippen LogP contribution in [0, 0.1) is 11.8 Å². The summed E-state index contributed by atoms with van der Waals surface area (Å²) < 4.78 is 0. The number of nitrogens with one attached hydrogen (secondary N) is 1. The van der Waals surface area contributed by atoms with Crippen molar-refractivity contribution in [1.29, 1.82) is 0 Å². The molecule has 4 unspecified atom stereocenters. The van der Waals surface area contributed by atoms with Crippen molar-refractivity contribution in [3.63, 3.8) is 0 Å². The summed E-state index contributed by atoms with van der Waals surface area (Å²) in [6.07, 6.45) is 5.16. The van der Waals surface area contributed by atoms with Gasteiger partial charge < -0.3 is 5.32 Å². The van der Waals surface area contributed by atoms with Crippen LogP contribution < -0.4 is 5.32 Å². The molecule has 1 aliphatic rings. The van der Waals surface area contributed by atoms with Crippen LogP contribution in [0.15, 0.2) is 24.3 Å². The molecule has 0 radical (unpaired) electrons. The van der Waals surface area contributed by atoms with E-state index in [-0.39, 0.29) is 0 Å². The van der Waals surface area contributed by atoms with Crippen molar-refractivity contribution < 1.29 is 0 Å². The van der Waals surface area contributed by atoms with Crippen molar-refractivity contribution >= 4 is 11.6 Å². The molecule has 19 heavy (non-hydrogen) atoms. The first-order chi connectivity index (χ1) is 9.11. The second kappa shape index (κ2) is 6.76. The lowest BCUT2D eigenvalue weighted by Gasteiger charge is -2.37. The highest BCUT2D eigenvalue weighted by molar-refractivity contribution is 6.30. The zero-order valence-electron chi connectivity index (χ0n) is 12.3. The van der Waals surface area contributed by atoms with Gasteiger partial charge >= 0.3 is 0 Å². The second-order valence-electron chi connectivity index (χ2n) is 6.06. The summed E-state index contributed by atoms with van der Waals surface area (Å²) in [5.41, 5.74) is 1.32. The molecule has 0 aliphatic heterocycles. The zero-order chi connectivity index (χ0) is 13.8. The molecule has 1 aromatic carbocycles. The van der Waals surface area contributed by atoms with Crippen LogP contribution in [0.4, 0.5) is 0 Å². The lowest BCUT2D eigenvalue weighted by molar-refractivity contribution is 0.192. The van der Waals surface area contributed by atoms with E-state index in [0.29, 0.717) is 12.1 Å². The van der Waals surface area contributed by atoms with E-state index in [0.717, 1.165) is 23.3 Å². The Kier molecular flexibility index (Phi) is 5.29. The molecule has 1 fully saturated rings. The molecule has 0 bridgehead atoms. The lowest BCUT2D eigenvalue weighted by Crippen LogP contribution is -2.42. The van der Waals surface area contributed by atoms with Crippen molar-refractivity contribution in [2.75, 3.05) is 0 Å². The molecule has 2 rings (SSSR count). The maximum Gasteiger partial charge on any atom is 0.0409 e. The van der Waals surface area contributed by atoms with Gasteiger partial charge in [-0.05, 0) is 42.4 Å². The number of hydrogen-bond donors (Lipinski definition) is 1. The third-order valence-electron chi connectivity index (χ3n) is 4.78. The Morgan fingerprint density at radius 2 is 2.11 bits per heavy atom. The molecule has 1 aliphatic carbocycles. The molecule has 106 valence electrons. The van der Waals surface area contributed by atoms with Crippen LogP contribution >= 0.6 is 11.6 Å². The SMILES string of the molecule is CCC(NC1CCCC(C)C1C)c1cccc(Cl)c1. The van der Waals surface area contributed by atoms with Crippen molar-refractivity contribution in [2.24, 2.45) is 11.8 Å². The van der Waals surface area contributed by atoms with Gasteiger partial charge in [-0.3, -0.25) is 0 Å². The van der Waals surface area contributed by atoms with E-state index in [1.165, 1.54) is 24.8 Å². The van der Waals surface area contributed by atoms with E-state index in [2.05, 4.69) is 44.3 Å². The molecule has 1 saturated carbocycles. The van der Waals surface area contributed by atoms with Crippen LogP contribution in [-0.4, -0.2) is 6.04 Å². The monoisotopic (exact) mass is 279 g/mol. The highest BCUT2D eigenvalue weighted by Gasteiger charge is 2.28. The Morgan fingerprint density at radius 3 is 2.79 bits per heavy atom. The molecule has 0 saturated heterocycles. The largest absolute Gasteiger partial charge is 0.307 e. The maximum atomic E-state index is 6.11. The minimum Gasteiger partial charge on any atom is -0.307 e. The van der Waals surface area contributed by atoms with Crippen LogP contribution in [0.5, 0.6) is 0 Å². The highest BCUT2D eigenvalue weighted by atomic mass is 35.5. The van der Waals surface area contributed by atoms with E-state index in [1.807, 2.05) is 6.07 Å². The predicted molar refractivity (Wildman–Crippen MR) is 83.6 cm³/mol. The zero-order valence-corrected chi connectivity index (χ0v) is 13.1. The van der Waals surface area contributed by atoms with E-state index >= 15 is 0 Å². The first kappa shape index (κ1) is 14.9. The van der Waals surface area contributed by atoms with E-state index in [4.69, 9.17) is 11.6 Å². The van der Waals surface area contributed by atoms with Crippen LogP contribution in [0.1, 0.15) is 58.1 Å². The quantitative estimate of drug-likeness (QED) is 0.798. The normalized spacial score (nSPS) is 29.2. The molecule has 0 aromatic heterocycles. The van der Waals surface area contributed by atoms with E-state index in [9.17, 15) is 0 Å². The first-order valence-corrected chi connectivity index (χ1v) is 8.01. The Balaban J connectivity index is 2.06. The molecular weight excluding hydrogens is 254 g/mol. The van der Waals surface area contributed by atoms with Gasteiger partial charge in [-0.15, -0.1) is 0 Å². The van der Waals surface area contributed by atoms with Gasteiger partial charge in [-0.25, -0.2) is 0 Å². The molecule has 0 spiro atoms. The number of halogens is 1. The second-order valence-corrected chi connectivity index (χ2v) is 6.49. The topological polar surface area (TPSA) is 12.0 Å². The third kappa shape index (κ3) is 3.73. The van der Waals surface area contributed by atoms with Crippen LogP contribution in [0.25, 0.3) is 0 Å². The number of benzene rings is 1. The van der Waals surface area contributed by atoms with Gasteiger partial charge in [0, 0.05) is 17.1 Å². The van der Waals surface area contributed by atoms with Gasteiger partial charge in [0.1, 0.15) is 0 Å². The fourth-order valence-electron chi connectivity index (χ4n) is 3.25. The number of hydrogen-bond acceptors (Lipinski definition) is 1. The van der Waals surface area contributed by atoms with Gasteiger partial charge in [0.15, 0.2) is 0 Å². The summed E-state index contributed by atoms with van der Waals surface area (Å²) in [6, 6.07) is 9.35. The van der Waals surface area contributed by atoms with Crippen LogP contribution in [-0.2, 0) is 0 Å². The molecule has 1 N–H and O–H groups in total. The third-order valence-corrected chi connectivity index (χ3v) is 5.02. The van der Waals surface area contributed by atoms with E-state index in [1.54, 1.807) is 0 Å². The fraction of sp³-hybridized carbons (Fsp3) is 0.647. The van der Waals surface area contributed by atoms with Crippen molar-refractivity contribution in [1.82, 2.24) is 5.32 Å². The van der Waals surface area contributed by atoms with Crippen LogP contribution in [0.2, 0.25) is 5.02 Å². The molecule has 2 heteroatoms. The van der Waals surface area contributed by atoms with Crippen molar-refractivity contribution in [3.05, 3.63) is 34.9 Å². The Bertz CT molecular complexity index is 404. The molecule has 0 amide bonds. The van der Waals surface area contributed by atoms with Crippen LogP contribution in [0.3, 0.4) is 0 Å². The summed E-state index contributed by atoms with van der Waals surface area (Å²) >= 11 is 6.11. The average Bonchev–Trinajstić information content (AvgIpc) is 2.40. The van der Waals surface area contributed by atoms with Gasteiger partial charge in [-0.1, -0.05) is 57.3 Å². The van der Waals surface area contributed by atoms with Gasteiger partial charge in [0.05, 0.1) is 0 Å². The maximum absolute atomic E-state index is 6.11. The molecule has 1 aromatic rings. The molecular formula is C17H26ClN.